The summed E-state index contributed by atoms with van der Waals surface area (Å²) in [4.78, 5) is 54.3. The number of carbonyl (C=O) groups excluding carboxylic acids is 4. The lowest BCUT2D eigenvalue weighted by Gasteiger charge is -2.12. The molecule has 0 spiro atoms. The average molecular weight is 493 g/mol. The second-order valence-corrected chi connectivity index (χ2v) is 9.49. The van der Waals surface area contributed by atoms with Gasteiger partial charge in [-0.15, -0.1) is 11.3 Å². The number of aromatic nitrogens is 1. The molecule has 1 aliphatic rings. The maximum Gasteiger partial charge on any atom is 0.293 e. The van der Waals surface area contributed by atoms with Crippen molar-refractivity contribution in [1.82, 2.24) is 15.2 Å². The summed E-state index contributed by atoms with van der Waals surface area (Å²) >= 11 is 7.97. The number of halogens is 1. The Kier molecular flexibility index (Phi) is 8.05. The molecule has 0 atom stereocenters. The standard InChI is InChI=1S/C21H21ClN4O4S2/c1-12(2)18(28)25-20-24-15(11-31-20)10-17(27)23-7-8-26-19(29)16(32-21(26)30)9-13-3-5-14(22)6-4-13/h3-6,9,11-12H,7-8,10H2,1-2H3,(H,23,27)(H,24,25,28)/b16-9+. The Hall–Kier alpha value is -2.69. The summed E-state index contributed by atoms with van der Waals surface area (Å²) in [6.45, 7) is 3.76. The number of nitrogens with zero attached hydrogens (tertiary/aromatic N) is 2. The van der Waals surface area contributed by atoms with Gasteiger partial charge in [0.2, 0.25) is 11.8 Å². The number of nitrogens with one attached hydrogen (secondary N) is 2. The number of benzene rings is 1. The highest BCUT2D eigenvalue weighted by Crippen LogP contribution is 2.32. The van der Waals surface area contributed by atoms with Gasteiger partial charge in [0.25, 0.3) is 11.1 Å². The molecule has 8 nitrogen and oxygen atoms in total. The fourth-order valence-electron chi connectivity index (χ4n) is 2.63. The van der Waals surface area contributed by atoms with Crippen molar-refractivity contribution < 1.29 is 19.2 Å². The van der Waals surface area contributed by atoms with E-state index in [1.807, 2.05) is 0 Å². The first-order chi connectivity index (χ1) is 15.2. The van der Waals surface area contributed by atoms with Crippen molar-refractivity contribution in [3.63, 3.8) is 0 Å². The molecule has 0 bridgehead atoms. The molecule has 3 rings (SSSR count). The number of anilines is 1. The quantitative estimate of drug-likeness (QED) is 0.543. The summed E-state index contributed by atoms with van der Waals surface area (Å²) in [5.41, 5.74) is 1.30. The van der Waals surface area contributed by atoms with Crippen molar-refractivity contribution in [1.29, 1.82) is 0 Å². The van der Waals surface area contributed by atoms with Gasteiger partial charge in [0.15, 0.2) is 5.13 Å². The van der Waals surface area contributed by atoms with E-state index in [1.165, 1.54) is 11.3 Å². The topological polar surface area (TPSA) is 108 Å². The molecule has 2 aromatic rings. The fraction of sp³-hybridized carbons (Fsp3) is 0.286. The molecule has 1 aromatic carbocycles. The zero-order valence-corrected chi connectivity index (χ0v) is 19.8. The second-order valence-electron chi connectivity index (χ2n) is 7.20. The number of amides is 4. The van der Waals surface area contributed by atoms with Crippen LogP contribution in [0, 0.1) is 5.92 Å². The Labute approximate surface area is 198 Å². The average Bonchev–Trinajstić information content (AvgIpc) is 3.28. The van der Waals surface area contributed by atoms with Gasteiger partial charge < -0.3 is 10.6 Å². The summed E-state index contributed by atoms with van der Waals surface area (Å²) in [5, 5.41) is 7.72. The highest BCUT2D eigenvalue weighted by Gasteiger charge is 2.34. The lowest BCUT2D eigenvalue weighted by atomic mass is 10.2. The number of hydrogen-bond acceptors (Lipinski definition) is 7. The van der Waals surface area contributed by atoms with Gasteiger partial charge in [-0.25, -0.2) is 4.98 Å². The first-order valence-electron chi connectivity index (χ1n) is 9.76. The highest BCUT2D eigenvalue weighted by atomic mass is 35.5. The monoisotopic (exact) mass is 492 g/mol. The van der Waals surface area contributed by atoms with Crippen LogP contribution in [0.5, 0.6) is 0 Å². The molecule has 1 aliphatic heterocycles. The first-order valence-corrected chi connectivity index (χ1v) is 11.8. The molecule has 2 N–H and O–H groups in total. The minimum atomic E-state index is -0.394. The summed E-state index contributed by atoms with van der Waals surface area (Å²) in [5.74, 6) is -0.992. The van der Waals surface area contributed by atoms with E-state index in [-0.39, 0.29) is 42.5 Å². The van der Waals surface area contributed by atoms with Gasteiger partial charge in [0.1, 0.15) is 0 Å². The Morgan fingerprint density at radius 3 is 2.62 bits per heavy atom. The smallest absolute Gasteiger partial charge is 0.293 e. The maximum atomic E-state index is 12.5. The third-order valence-electron chi connectivity index (χ3n) is 4.35. The number of thioether (sulfide) groups is 1. The molecule has 1 saturated heterocycles. The van der Waals surface area contributed by atoms with Crippen molar-refractivity contribution in [2.45, 2.75) is 20.3 Å². The summed E-state index contributed by atoms with van der Waals surface area (Å²) in [6.07, 6.45) is 1.67. The Morgan fingerprint density at radius 2 is 1.94 bits per heavy atom. The van der Waals surface area contributed by atoms with Crippen LogP contribution in [0.15, 0.2) is 34.6 Å². The SMILES string of the molecule is CC(C)C(=O)Nc1nc(CC(=O)NCCN2C(=O)S/C(=C/c3ccc(Cl)cc3)C2=O)cs1. The number of carbonyl (C=O) groups is 4. The van der Waals surface area contributed by atoms with Crippen LogP contribution in [0.2, 0.25) is 5.02 Å². The second kappa shape index (κ2) is 10.8. The highest BCUT2D eigenvalue weighted by molar-refractivity contribution is 8.18. The van der Waals surface area contributed by atoms with Crippen LogP contribution >= 0.6 is 34.7 Å². The summed E-state index contributed by atoms with van der Waals surface area (Å²) in [6, 6.07) is 6.93. The molecule has 11 heteroatoms. The zero-order valence-electron chi connectivity index (χ0n) is 17.4. The van der Waals surface area contributed by atoms with Gasteiger partial charge in [0, 0.05) is 29.4 Å². The van der Waals surface area contributed by atoms with E-state index in [0.717, 1.165) is 22.2 Å². The van der Waals surface area contributed by atoms with E-state index in [0.29, 0.717) is 20.8 Å². The molecule has 0 saturated carbocycles. The van der Waals surface area contributed by atoms with Crippen LogP contribution in [-0.2, 0) is 20.8 Å². The van der Waals surface area contributed by atoms with Crippen molar-refractivity contribution in [2.24, 2.45) is 5.92 Å². The van der Waals surface area contributed by atoms with Gasteiger partial charge in [0.05, 0.1) is 17.0 Å². The fourth-order valence-corrected chi connectivity index (χ4v) is 4.34. The van der Waals surface area contributed by atoms with Crippen LogP contribution in [0.4, 0.5) is 9.93 Å². The molecule has 2 heterocycles. The molecular formula is C21H21ClN4O4S2. The van der Waals surface area contributed by atoms with Crippen LogP contribution in [0.1, 0.15) is 25.1 Å². The molecule has 168 valence electrons. The van der Waals surface area contributed by atoms with Crippen LogP contribution < -0.4 is 10.6 Å². The summed E-state index contributed by atoms with van der Waals surface area (Å²) in [7, 11) is 0. The van der Waals surface area contributed by atoms with Crippen LogP contribution in [-0.4, -0.2) is 45.9 Å². The molecule has 1 aromatic heterocycles. The van der Waals surface area contributed by atoms with Gasteiger partial charge in [-0.2, -0.15) is 0 Å². The molecule has 1 fully saturated rings. The lowest BCUT2D eigenvalue weighted by Crippen LogP contribution is -2.37. The molecule has 0 aliphatic carbocycles. The zero-order chi connectivity index (χ0) is 23.3. The molecular weight excluding hydrogens is 472 g/mol. The number of thiazole rings is 1. The minimum Gasteiger partial charge on any atom is -0.354 e. The largest absolute Gasteiger partial charge is 0.354 e. The van der Waals surface area contributed by atoms with E-state index in [2.05, 4.69) is 15.6 Å². The van der Waals surface area contributed by atoms with E-state index in [9.17, 15) is 19.2 Å². The third-order valence-corrected chi connectivity index (χ3v) is 6.31. The number of hydrogen-bond donors (Lipinski definition) is 2. The van der Waals surface area contributed by atoms with E-state index in [1.54, 1.807) is 49.6 Å². The number of rotatable bonds is 8. The first kappa shape index (κ1) is 24.0. The van der Waals surface area contributed by atoms with Gasteiger partial charge in [-0.05, 0) is 35.5 Å². The van der Waals surface area contributed by atoms with E-state index in [4.69, 9.17) is 11.6 Å². The lowest BCUT2D eigenvalue weighted by molar-refractivity contribution is -0.124. The van der Waals surface area contributed by atoms with Gasteiger partial charge >= 0.3 is 0 Å². The van der Waals surface area contributed by atoms with E-state index >= 15 is 0 Å². The Morgan fingerprint density at radius 1 is 1.22 bits per heavy atom. The molecule has 32 heavy (non-hydrogen) atoms. The normalized spacial score (nSPS) is 15.0. The summed E-state index contributed by atoms with van der Waals surface area (Å²) < 4.78 is 0. The van der Waals surface area contributed by atoms with Crippen molar-refractivity contribution in [3.05, 3.63) is 50.8 Å². The van der Waals surface area contributed by atoms with Crippen molar-refractivity contribution >= 4 is 68.9 Å². The Balaban J connectivity index is 1.47. The van der Waals surface area contributed by atoms with Crippen molar-refractivity contribution in [3.8, 4) is 0 Å². The predicted octanol–water partition coefficient (Wildman–Crippen LogP) is 3.79. The van der Waals surface area contributed by atoms with Gasteiger partial charge in [-0.3, -0.25) is 24.1 Å². The third kappa shape index (κ3) is 6.41. The molecule has 0 unspecified atom stereocenters. The predicted molar refractivity (Wildman–Crippen MR) is 126 cm³/mol. The molecule has 0 radical (unpaired) electrons. The Bertz CT molecular complexity index is 1070. The van der Waals surface area contributed by atoms with Crippen LogP contribution in [0.3, 0.4) is 0 Å². The van der Waals surface area contributed by atoms with Crippen molar-refractivity contribution in [2.75, 3.05) is 18.4 Å². The van der Waals surface area contributed by atoms with E-state index < -0.39 is 5.91 Å². The maximum absolute atomic E-state index is 12.5. The minimum absolute atomic E-state index is 0.0341. The van der Waals surface area contributed by atoms with Crippen LogP contribution in [0.25, 0.3) is 6.08 Å². The van der Waals surface area contributed by atoms with Gasteiger partial charge in [-0.1, -0.05) is 37.6 Å². The number of imide groups is 1. The molecule has 4 amide bonds.